The molecule has 0 bridgehead atoms. The molecule has 1 saturated carbocycles. The van der Waals surface area contributed by atoms with Gasteiger partial charge in [0.2, 0.25) is 5.91 Å². The van der Waals surface area contributed by atoms with E-state index >= 15 is 0 Å². The van der Waals surface area contributed by atoms with E-state index in [0.717, 1.165) is 53.4 Å². The number of nitrogens with zero attached hydrogens (tertiary/aromatic N) is 3. The molecule has 0 aromatic heterocycles. The molecule has 2 heterocycles. The summed E-state index contributed by atoms with van der Waals surface area (Å²) in [5.74, 6) is 1.26. The number of amides is 2. The molecule has 0 spiro atoms. The number of hydrogen-bond donors (Lipinski definition) is 0. The second-order valence-electron chi connectivity index (χ2n) is 10.6. The van der Waals surface area contributed by atoms with E-state index in [-0.39, 0.29) is 29.5 Å². The monoisotopic (exact) mass is 469 g/mol. The van der Waals surface area contributed by atoms with Crippen LogP contribution in [0.25, 0.3) is 21.9 Å². The number of hydrogen-bond acceptors (Lipinski definition) is 3. The summed E-state index contributed by atoms with van der Waals surface area (Å²) in [6.07, 6.45) is 2.03. The number of likely N-dealkylation sites (tertiary alicyclic amines) is 1. The lowest BCUT2D eigenvalue weighted by atomic mass is 9.97. The highest BCUT2D eigenvalue weighted by molar-refractivity contribution is 6.15. The minimum absolute atomic E-state index is 0.00491. The van der Waals surface area contributed by atoms with Crippen molar-refractivity contribution in [3.63, 3.8) is 0 Å². The number of fused-ring (bicyclic) bond motifs is 1. The van der Waals surface area contributed by atoms with Crippen molar-refractivity contribution < 1.29 is 14.0 Å². The predicted octanol–water partition coefficient (Wildman–Crippen LogP) is 4.88. The Morgan fingerprint density at radius 1 is 0.943 bits per heavy atom. The minimum Gasteiger partial charge on any atom is -0.342 e. The molecule has 35 heavy (non-hydrogen) atoms. The fourth-order valence-corrected chi connectivity index (χ4v) is 5.11. The van der Waals surface area contributed by atoms with E-state index in [2.05, 4.69) is 6.07 Å². The molecule has 3 aromatic carbocycles. The molecule has 178 valence electrons. The third-order valence-corrected chi connectivity index (χ3v) is 7.32. The Morgan fingerprint density at radius 2 is 1.57 bits per heavy atom. The Bertz CT molecular complexity index is 1370. The first-order valence-corrected chi connectivity index (χ1v) is 12.3. The average Bonchev–Trinajstić information content (AvgIpc) is 3.64. The molecule has 2 amide bonds. The Morgan fingerprint density at radius 3 is 2.29 bits per heavy atom. The molecule has 3 aliphatic rings. The van der Waals surface area contributed by atoms with E-state index in [0.29, 0.717) is 12.4 Å². The first-order chi connectivity index (χ1) is 16.8. The van der Waals surface area contributed by atoms with Gasteiger partial charge in [-0.25, -0.2) is 4.39 Å². The zero-order chi connectivity index (χ0) is 24.3. The molecule has 6 rings (SSSR count). The standard InChI is InChI=1S/C29H28FN3O2/c1-29(2)28(35)33(17-18-15-32(16-18)27(34)21-7-8-21)26(31-29)20-5-3-19(4-6-20)22-9-10-24-14-25(30)12-11-23(24)13-22/h3-6,9-14,18,21H,7-8,15-17H2,1-2H3. The normalized spacial score (nSPS) is 19.7. The van der Waals surface area contributed by atoms with Crippen LogP contribution in [0.1, 0.15) is 32.3 Å². The molecule has 0 radical (unpaired) electrons. The van der Waals surface area contributed by atoms with Gasteiger partial charge in [-0.05, 0) is 66.8 Å². The molecular formula is C29H28FN3O2. The SMILES string of the molecule is CC1(C)N=C(c2ccc(-c3ccc4cc(F)ccc4c3)cc2)N(CC2CN(C(=O)C3CC3)C2)C1=O. The van der Waals surface area contributed by atoms with E-state index in [4.69, 9.17) is 4.99 Å². The van der Waals surface area contributed by atoms with Crippen LogP contribution in [0.15, 0.2) is 65.7 Å². The maximum absolute atomic E-state index is 13.5. The zero-order valence-electron chi connectivity index (χ0n) is 20.0. The molecular weight excluding hydrogens is 441 g/mol. The van der Waals surface area contributed by atoms with E-state index in [1.165, 1.54) is 12.1 Å². The van der Waals surface area contributed by atoms with Crippen molar-refractivity contribution in [1.82, 2.24) is 9.80 Å². The quantitative estimate of drug-likeness (QED) is 0.535. The van der Waals surface area contributed by atoms with Crippen molar-refractivity contribution in [2.24, 2.45) is 16.8 Å². The average molecular weight is 470 g/mol. The van der Waals surface area contributed by atoms with E-state index in [9.17, 15) is 14.0 Å². The summed E-state index contributed by atoms with van der Waals surface area (Å²) < 4.78 is 13.5. The lowest BCUT2D eigenvalue weighted by molar-refractivity contribution is -0.140. The van der Waals surface area contributed by atoms with Gasteiger partial charge in [0.15, 0.2) is 0 Å². The number of carbonyl (C=O) groups is 2. The minimum atomic E-state index is -0.797. The van der Waals surface area contributed by atoms with Gasteiger partial charge in [0.1, 0.15) is 17.2 Å². The zero-order valence-corrected chi connectivity index (χ0v) is 20.0. The smallest absolute Gasteiger partial charge is 0.255 e. The van der Waals surface area contributed by atoms with Gasteiger partial charge >= 0.3 is 0 Å². The summed E-state index contributed by atoms with van der Waals surface area (Å²) in [4.78, 5) is 33.9. The Hall–Kier alpha value is -3.54. The van der Waals surface area contributed by atoms with Gasteiger partial charge in [0.05, 0.1) is 0 Å². The van der Waals surface area contributed by atoms with Gasteiger partial charge in [-0.2, -0.15) is 0 Å². The summed E-state index contributed by atoms with van der Waals surface area (Å²) in [5, 5.41) is 1.86. The molecule has 1 aliphatic carbocycles. The molecule has 0 N–H and O–H groups in total. The van der Waals surface area contributed by atoms with Crippen LogP contribution >= 0.6 is 0 Å². The maximum Gasteiger partial charge on any atom is 0.255 e. The Kier molecular flexibility index (Phi) is 5.02. The van der Waals surface area contributed by atoms with Crippen LogP contribution < -0.4 is 0 Å². The van der Waals surface area contributed by atoms with Crippen LogP contribution in [-0.4, -0.2) is 52.6 Å². The van der Waals surface area contributed by atoms with Gasteiger partial charge in [0.25, 0.3) is 5.91 Å². The van der Waals surface area contributed by atoms with Gasteiger partial charge in [0, 0.05) is 37.0 Å². The van der Waals surface area contributed by atoms with Gasteiger partial charge in [-0.1, -0.05) is 42.5 Å². The highest BCUT2D eigenvalue weighted by Crippen LogP contribution is 2.35. The van der Waals surface area contributed by atoms with Crippen LogP contribution in [0.4, 0.5) is 4.39 Å². The van der Waals surface area contributed by atoms with Crippen molar-refractivity contribution in [3.8, 4) is 11.1 Å². The summed E-state index contributed by atoms with van der Waals surface area (Å²) >= 11 is 0. The van der Waals surface area contributed by atoms with Crippen molar-refractivity contribution in [2.45, 2.75) is 32.2 Å². The van der Waals surface area contributed by atoms with Crippen LogP contribution in [0, 0.1) is 17.7 Å². The highest BCUT2D eigenvalue weighted by Gasteiger charge is 2.45. The second-order valence-corrected chi connectivity index (χ2v) is 10.6. The number of amidine groups is 1. The third kappa shape index (κ3) is 4.01. The number of benzene rings is 3. The number of carbonyl (C=O) groups excluding carboxylic acids is 2. The van der Waals surface area contributed by atoms with Gasteiger partial charge < -0.3 is 4.90 Å². The van der Waals surface area contributed by atoms with Crippen LogP contribution in [-0.2, 0) is 9.59 Å². The van der Waals surface area contributed by atoms with Crippen molar-refractivity contribution in [1.29, 1.82) is 0 Å². The summed E-state index contributed by atoms with van der Waals surface area (Å²) in [7, 11) is 0. The van der Waals surface area contributed by atoms with Gasteiger partial charge in [-0.3, -0.25) is 19.5 Å². The highest BCUT2D eigenvalue weighted by atomic mass is 19.1. The summed E-state index contributed by atoms with van der Waals surface area (Å²) in [5.41, 5.74) is 2.20. The second kappa shape index (κ2) is 8.01. The number of rotatable bonds is 5. The van der Waals surface area contributed by atoms with Crippen LogP contribution in [0.5, 0.6) is 0 Å². The fraction of sp³-hybridized carbons (Fsp3) is 0.345. The lowest BCUT2D eigenvalue weighted by Gasteiger charge is -2.41. The van der Waals surface area contributed by atoms with E-state index in [1.807, 2.05) is 60.0 Å². The van der Waals surface area contributed by atoms with Crippen molar-refractivity contribution in [3.05, 3.63) is 72.0 Å². The molecule has 0 atom stereocenters. The predicted molar refractivity (Wildman–Crippen MR) is 134 cm³/mol. The van der Waals surface area contributed by atoms with E-state index in [1.54, 1.807) is 6.07 Å². The number of halogens is 1. The van der Waals surface area contributed by atoms with Crippen LogP contribution in [0.2, 0.25) is 0 Å². The fourth-order valence-electron chi connectivity index (χ4n) is 5.11. The van der Waals surface area contributed by atoms with Gasteiger partial charge in [-0.15, -0.1) is 0 Å². The Balaban J connectivity index is 1.21. The van der Waals surface area contributed by atoms with Crippen molar-refractivity contribution in [2.75, 3.05) is 19.6 Å². The lowest BCUT2D eigenvalue weighted by Crippen LogP contribution is -2.55. The molecule has 6 heteroatoms. The first kappa shape index (κ1) is 22.0. The molecule has 0 unspecified atom stereocenters. The topological polar surface area (TPSA) is 53.0 Å². The molecule has 3 aromatic rings. The molecule has 5 nitrogen and oxygen atoms in total. The van der Waals surface area contributed by atoms with Crippen LogP contribution in [0.3, 0.4) is 0 Å². The molecule has 1 saturated heterocycles. The largest absolute Gasteiger partial charge is 0.342 e. The summed E-state index contributed by atoms with van der Waals surface area (Å²) in [6, 6.07) is 18.9. The Labute approximate surface area is 204 Å². The number of aliphatic imine (C=N–C) groups is 1. The molecule has 2 aliphatic heterocycles. The third-order valence-electron chi connectivity index (χ3n) is 7.32. The molecule has 2 fully saturated rings. The first-order valence-electron chi connectivity index (χ1n) is 12.3. The summed E-state index contributed by atoms with van der Waals surface area (Å²) in [6.45, 7) is 5.73. The van der Waals surface area contributed by atoms with Crippen molar-refractivity contribution >= 4 is 28.4 Å². The van der Waals surface area contributed by atoms with E-state index < -0.39 is 5.54 Å². The maximum atomic E-state index is 13.5.